The van der Waals surface area contributed by atoms with Gasteiger partial charge in [-0.3, -0.25) is 0 Å². The first-order chi connectivity index (χ1) is 5.87. The van der Waals surface area contributed by atoms with Gasteiger partial charge in [-0.25, -0.2) is 0 Å². The van der Waals surface area contributed by atoms with Crippen molar-refractivity contribution in [2.24, 2.45) is 0 Å². The molecule has 1 spiro atoms. The summed E-state index contributed by atoms with van der Waals surface area (Å²) in [6.07, 6.45) is 6.62. The Morgan fingerprint density at radius 2 is 2.25 bits per heavy atom. The topological polar surface area (TPSA) is 21.3 Å². The smallest absolute Gasteiger partial charge is 0.0856 e. The average Bonchev–Trinajstić information content (AvgIpc) is 2.03. The van der Waals surface area contributed by atoms with Gasteiger partial charge in [-0.2, -0.15) is 0 Å². The van der Waals surface area contributed by atoms with Gasteiger partial charge in [-0.05, 0) is 19.4 Å². The van der Waals surface area contributed by atoms with E-state index in [9.17, 15) is 0 Å². The molecule has 2 unspecified atom stereocenters. The molecule has 2 nitrogen and oxygen atoms in total. The van der Waals surface area contributed by atoms with Crippen LogP contribution >= 0.6 is 0 Å². The van der Waals surface area contributed by atoms with E-state index in [0.717, 1.165) is 13.2 Å². The van der Waals surface area contributed by atoms with Crippen molar-refractivity contribution in [1.29, 1.82) is 0 Å². The summed E-state index contributed by atoms with van der Waals surface area (Å²) >= 11 is 0. The van der Waals surface area contributed by atoms with Crippen LogP contribution in [0.1, 0.15) is 39.0 Å². The van der Waals surface area contributed by atoms with E-state index in [1.54, 1.807) is 0 Å². The molecule has 0 bridgehead atoms. The third kappa shape index (κ3) is 1.27. The van der Waals surface area contributed by atoms with Crippen LogP contribution in [0.25, 0.3) is 0 Å². The second-order valence-electron chi connectivity index (χ2n) is 4.02. The molecule has 2 heteroatoms. The van der Waals surface area contributed by atoms with Gasteiger partial charge in [-0.1, -0.05) is 19.8 Å². The molecule has 2 atom stereocenters. The van der Waals surface area contributed by atoms with Gasteiger partial charge in [0.2, 0.25) is 0 Å². The van der Waals surface area contributed by atoms with Crippen molar-refractivity contribution in [2.45, 2.75) is 50.7 Å². The number of likely N-dealkylation sites (N-methyl/N-ethyl adjacent to an activating group) is 1. The van der Waals surface area contributed by atoms with Gasteiger partial charge in [0.05, 0.1) is 12.2 Å². The maximum Gasteiger partial charge on any atom is 0.0856 e. The summed E-state index contributed by atoms with van der Waals surface area (Å²) < 4.78 is 5.76. The van der Waals surface area contributed by atoms with E-state index in [4.69, 9.17) is 4.74 Å². The lowest BCUT2D eigenvalue weighted by Gasteiger charge is -2.50. The van der Waals surface area contributed by atoms with E-state index in [-0.39, 0.29) is 5.60 Å². The molecule has 70 valence electrons. The third-order valence-electron chi connectivity index (χ3n) is 3.34. The Morgan fingerprint density at radius 1 is 1.42 bits per heavy atom. The first-order valence-electron chi connectivity index (χ1n) is 5.25. The van der Waals surface area contributed by atoms with E-state index in [2.05, 4.69) is 12.2 Å². The zero-order chi connectivity index (χ0) is 8.44. The molecule has 0 amide bonds. The van der Waals surface area contributed by atoms with Gasteiger partial charge in [0, 0.05) is 12.5 Å². The zero-order valence-electron chi connectivity index (χ0n) is 7.94. The summed E-state index contributed by atoms with van der Waals surface area (Å²) in [6, 6.07) is 0.644. The highest BCUT2D eigenvalue weighted by atomic mass is 16.5. The monoisotopic (exact) mass is 169 g/mol. The summed E-state index contributed by atoms with van der Waals surface area (Å²) in [6.45, 7) is 4.25. The minimum atomic E-state index is 0.258. The maximum atomic E-state index is 5.76. The molecule has 0 aromatic rings. The Hall–Kier alpha value is -0.0800. The molecule has 1 saturated carbocycles. The van der Waals surface area contributed by atoms with E-state index < -0.39 is 0 Å². The molecule has 1 saturated heterocycles. The fourth-order valence-electron chi connectivity index (χ4n) is 2.58. The summed E-state index contributed by atoms with van der Waals surface area (Å²) in [7, 11) is 0. The largest absolute Gasteiger partial charge is 0.373 e. The third-order valence-corrected chi connectivity index (χ3v) is 3.34. The maximum absolute atomic E-state index is 5.76. The van der Waals surface area contributed by atoms with Crippen molar-refractivity contribution in [1.82, 2.24) is 5.32 Å². The van der Waals surface area contributed by atoms with E-state index in [1.807, 2.05) is 0 Å². The van der Waals surface area contributed by atoms with Crippen LogP contribution in [-0.2, 0) is 4.74 Å². The molecule has 1 aliphatic heterocycles. The Morgan fingerprint density at radius 3 is 2.83 bits per heavy atom. The Labute approximate surface area is 74.7 Å². The SMILES string of the molecule is CCNC1CCCCC12CCO2. The molecule has 12 heavy (non-hydrogen) atoms. The number of nitrogens with one attached hydrogen (secondary N) is 1. The van der Waals surface area contributed by atoms with Crippen LogP contribution < -0.4 is 5.32 Å². The molecule has 1 heterocycles. The molecular formula is C10H19NO. The van der Waals surface area contributed by atoms with Crippen LogP contribution in [0.2, 0.25) is 0 Å². The molecular weight excluding hydrogens is 150 g/mol. The summed E-state index contributed by atoms with van der Waals surface area (Å²) in [5, 5.41) is 3.55. The minimum absolute atomic E-state index is 0.258. The highest BCUT2D eigenvalue weighted by Crippen LogP contribution is 2.40. The van der Waals surface area contributed by atoms with Crippen LogP contribution in [0.5, 0.6) is 0 Å². The Bertz CT molecular complexity index is 152. The lowest BCUT2D eigenvalue weighted by atomic mass is 9.75. The van der Waals surface area contributed by atoms with Crippen molar-refractivity contribution in [3.63, 3.8) is 0 Å². The van der Waals surface area contributed by atoms with Gasteiger partial charge >= 0.3 is 0 Å². The number of hydrogen-bond donors (Lipinski definition) is 1. The molecule has 2 fully saturated rings. The first-order valence-corrected chi connectivity index (χ1v) is 5.25. The van der Waals surface area contributed by atoms with Gasteiger partial charge in [-0.15, -0.1) is 0 Å². The summed E-state index contributed by atoms with van der Waals surface area (Å²) in [5.74, 6) is 0. The Kier molecular flexibility index (Phi) is 2.37. The van der Waals surface area contributed by atoms with Gasteiger partial charge in [0.25, 0.3) is 0 Å². The first kappa shape index (κ1) is 8.52. The van der Waals surface area contributed by atoms with Gasteiger partial charge in [0.1, 0.15) is 0 Å². The standard InChI is InChI=1S/C10H19NO/c1-2-11-9-5-3-4-6-10(9)7-8-12-10/h9,11H,2-8H2,1H3. The van der Waals surface area contributed by atoms with E-state index in [0.29, 0.717) is 6.04 Å². The molecule has 1 aliphatic carbocycles. The number of hydrogen-bond acceptors (Lipinski definition) is 2. The normalized spacial score (nSPS) is 41.2. The number of rotatable bonds is 2. The van der Waals surface area contributed by atoms with Crippen molar-refractivity contribution >= 4 is 0 Å². The van der Waals surface area contributed by atoms with Crippen LogP contribution in [-0.4, -0.2) is 24.8 Å². The molecule has 0 radical (unpaired) electrons. The molecule has 0 aromatic carbocycles. The summed E-state index contributed by atoms with van der Waals surface area (Å²) in [5.41, 5.74) is 0.258. The van der Waals surface area contributed by atoms with Crippen LogP contribution in [0.4, 0.5) is 0 Å². The lowest BCUT2D eigenvalue weighted by molar-refractivity contribution is -0.181. The molecule has 2 aliphatic rings. The van der Waals surface area contributed by atoms with Gasteiger partial charge in [0.15, 0.2) is 0 Å². The quantitative estimate of drug-likeness (QED) is 0.679. The van der Waals surface area contributed by atoms with Crippen LogP contribution in [0.15, 0.2) is 0 Å². The number of ether oxygens (including phenoxy) is 1. The van der Waals surface area contributed by atoms with E-state index in [1.165, 1.54) is 32.1 Å². The molecule has 0 aromatic heterocycles. The fraction of sp³-hybridized carbons (Fsp3) is 1.00. The second-order valence-corrected chi connectivity index (χ2v) is 4.02. The van der Waals surface area contributed by atoms with Crippen LogP contribution in [0.3, 0.4) is 0 Å². The highest BCUT2D eigenvalue weighted by molar-refractivity contribution is 5.00. The van der Waals surface area contributed by atoms with Crippen molar-refractivity contribution in [3.05, 3.63) is 0 Å². The highest BCUT2D eigenvalue weighted by Gasteiger charge is 2.46. The zero-order valence-corrected chi connectivity index (χ0v) is 7.94. The van der Waals surface area contributed by atoms with E-state index >= 15 is 0 Å². The summed E-state index contributed by atoms with van der Waals surface area (Å²) in [4.78, 5) is 0. The lowest BCUT2D eigenvalue weighted by Crippen LogP contribution is -2.60. The molecule has 1 N–H and O–H groups in total. The predicted octanol–water partition coefficient (Wildman–Crippen LogP) is 1.70. The van der Waals surface area contributed by atoms with Crippen molar-refractivity contribution in [2.75, 3.05) is 13.2 Å². The fourth-order valence-corrected chi connectivity index (χ4v) is 2.58. The van der Waals surface area contributed by atoms with Crippen LogP contribution in [0, 0.1) is 0 Å². The minimum Gasteiger partial charge on any atom is -0.373 e. The Balaban J connectivity index is 1.97. The van der Waals surface area contributed by atoms with Gasteiger partial charge < -0.3 is 10.1 Å². The predicted molar refractivity (Wildman–Crippen MR) is 49.2 cm³/mol. The second kappa shape index (κ2) is 3.35. The average molecular weight is 169 g/mol. The van der Waals surface area contributed by atoms with Crippen molar-refractivity contribution in [3.8, 4) is 0 Å². The van der Waals surface area contributed by atoms with Crippen molar-refractivity contribution < 1.29 is 4.74 Å². The molecule has 2 rings (SSSR count).